The molecule has 1 aromatic carbocycles. The van der Waals surface area contributed by atoms with Gasteiger partial charge in [0.05, 0.1) is 13.0 Å². The van der Waals surface area contributed by atoms with Gasteiger partial charge < -0.3 is 64.4 Å². The predicted octanol–water partition coefficient (Wildman–Crippen LogP) is -2.37. The molecule has 376 valence electrons. The molecule has 2 heterocycles. The van der Waals surface area contributed by atoms with E-state index in [0.29, 0.717) is 24.8 Å². The maximum atomic E-state index is 14.5. The number of likely N-dealkylation sites (tertiary alicyclic amines) is 1. The Labute approximate surface area is 395 Å². The van der Waals surface area contributed by atoms with Crippen molar-refractivity contribution in [3.63, 3.8) is 0 Å². The van der Waals surface area contributed by atoms with Crippen LogP contribution in [-0.4, -0.2) is 130 Å². The fourth-order valence-corrected chi connectivity index (χ4v) is 7.91. The number of nitrogens with one attached hydrogen (secondary N) is 7. The van der Waals surface area contributed by atoms with Crippen LogP contribution in [0.3, 0.4) is 0 Å². The number of primary amides is 3. The Hall–Kier alpha value is -6.81. The van der Waals surface area contributed by atoms with Gasteiger partial charge in [-0.25, -0.2) is 0 Å². The van der Waals surface area contributed by atoms with Crippen molar-refractivity contribution in [2.24, 2.45) is 29.0 Å². The Morgan fingerprint density at radius 1 is 0.750 bits per heavy atom. The molecule has 1 aromatic rings. The first-order chi connectivity index (χ1) is 32.1. The van der Waals surface area contributed by atoms with Crippen molar-refractivity contribution in [2.45, 2.75) is 153 Å². The molecule has 0 spiro atoms. The molecule has 0 radical (unpaired) electrons. The Morgan fingerprint density at radius 3 is 2.01 bits per heavy atom. The van der Waals surface area contributed by atoms with E-state index < -0.39 is 133 Å². The van der Waals surface area contributed by atoms with E-state index in [4.69, 9.17) is 17.2 Å². The van der Waals surface area contributed by atoms with Crippen molar-refractivity contribution in [1.82, 2.24) is 42.1 Å². The molecule has 14 N–H and O–H groups in total. The van der Waals surface area contributed by atoms with Crippen LogP contribution in [0.5, 0.6) is 5.75 Å². The molecular formula is C45H69N11O12. The summed E-state index contributed by atoms with van der Waals surface area (Å²) in [4.78, 5) is 148. The van der Waals surface area contributed by atoms with Crippen LogP contribution >= 0.6 is 0 Å². The Balaban J connectivity index is 2.02. The third kappa shape index (κ3) is 18.1. The van der Waals surface area contributed by atoms with E-state index in [1.54, 1.807) is 26.0 Å². The quantitative estimate of drug-likeness (QED) is 0.0781. The third-order valence-corrected chi connectivity index (χ3v) is 11.8. The minimum Gasteiger partial charge on any atom is -0.508 e. The molecule has 3 rings (SSSR count). The number of amides is 11. The fraction of sp³-hybridized carbons (Fsp3) is 0.622. The Bertz CT molecular complexity index is 2000. The van der Waals surface area contributed by atoms with Crippen LogP contribution < -0.4 is 54.4 Å². The van der Waals surface area contributed by atoms with Crippen LogP contribution in [0.4, 0.5) is 0 Å². The van der Waals surface area contributed by atoms with Gasteiger partial charge in [0.25, 0.3) is 0 Å². The van der Waals surface area contributed by atoms with E-state index in [1.165, 1.54) is 17.0 Å². The van der Waals surface area contributed by atoms with Crippen molar-refractivity contribution in [3.8, 4) is 5.75 Å². The number of hydrogen-bond acceptors (Lipinski definition) is 12. The molecule has 11 amide bonds. The summed E-state index contributed by atoms with van der Waals surface area (Å²) in [5, 5.41) is 27.9. The van der Waals surface area contributed by atoms with E-state index in [1.807, 2.05) is 13.8 Å². The summed E-state index contributed by atoms with van der Waals surface area (Å²) < 4.78 is 0. The van der Waals surface area contributed by atoms with Gasteiger partial charge in [-0.15, -0.1) is 0 Å². The van der Waals surface area contributed by atoms with Crippen molar-refractivity contribution < 1.29 is 57.8 Å². The smallest absolute Gasteiger partial charge is 0.245 e. The van der Waals surface area contributed by atoms with Crippen LogP contribution in [0.25, 0.3) is 0 Å². The average Bonchev–Trinajstić information content (AvgIpc) is 3.77. The van der Waals surface area contributed by atoms with E-state index in [2.05, 4.69) is 37.2 Å². The lowest BCUT2D eigenvalue weighted by atomic mass is 9.96. The minimum atomic E-state index is -1.71. The van der Waals surface area contributed by atoms with Gasteiger partial charge in [-0.1, -0.05) is 59.1 Å². The lowest BCUT2D eigenvalue weighted by molar-refractivity contribution is -0.143. The van der Waals surface area contributed by atoms with Crippen molar-refractivity contribution in [3.05, 3.63) is 29.8 Å². The van der Waals surface area contributed by atoms with E-state index >= 15 is 0 Å². The number of carbonyl (C=O) groups is 11. The number of phenolic OH excluding ortho intramolecular Hbond substituents is 1. The fourth-order valence-electron chi connectivity index (χ4n) is 7.91. The summed E-state index contributed by atoms with van der Waals surface area (Å²) in [5.41, 5.74) is 16.7. The highest BCUT2D eigenvalue weighted by molar-refractivity contribution is 5.99. The van der Waals surface area contributed by atoms with Crippen LogP contribution in [0.2, 0.25) is 0 Å². The van der Waals surface area contributed by atoms with E-state index in [0.717, 1.165) is 0 Å². The molecule has 23 heteroatoms. The first kappa shape index (κ1) is 55.5. The van der Waals surface area contributed by atoms with E-state index in [-0.39, 0.29) is 69.6 Å². The summed E-state index contributed by atoms with van der Waals surface area (Å²) in [7, 11) is 0. The summed E-state index contributed by atoms with van der Waals surface area (Å²) >= 11 is 0. The van der Waals surface area contributed by atoms with Crippen LogP contribution in [0.15, 0.2) is 24.3 Å². The third-order valence-electron chi connectivity index (χ3n) is 11.8. The second-order valence-corrected chi connectivity index (χ2v) is 17.9. The number of phenols is 1. The predicted molar refractivity (Wildman–Crippen MR) is 245 cm³/mol. The summed E-state index contributed by atoms with van der Waals surface area (Å²) in [6.07, 6.45) is 0.302. The van der Waals surface area contributed by atoms with Gasteiger partial charge in [0.2, 0.25) is 65.0 Å². The molecular weight excluding hydrogens is 887 g/mol. The zero-order valence-corrected chi connectivity index (χ0v) is 39.2. The maximum Gasteiger partial charge on any atom is 0.245 e. The number of nitrogens with zero attached hydrogens (tertiary/aromatic N) is 1. The van der Waals surface area contributed by atoms with Crippen LogP contribution in [0.1, 0.15) is 110 Å². The molecule has 0 aromatic heterocycles. The first-order valence-electron chi connectivity index (χ1n) is 23.1. The number of benzene rings is 1. The Morgan fingerprint density at radius 2 is 1.40 bits per heavy atom. The second-order valence-electron chi connectivity index (χ2n) is 17.9. The van der Waals surface area contributed by atoms with Gasteiger partial charge in [-0.2, -0.15) is 0 Å². The minimum absolute atomic E-state index is 0.0204. The van der Waals surface area contributed by atoms with Gasteiger partial charge in [-0.3, -0.25) is 52.7 Å². The number of nitrogens with two attached hydrogens (primary N) is 3. The van der Waals surface area contributed by atoms with Gasteiger partial charge in [0, 0.05) is 25.8 Å². The molecule has 23 nitrogen and oxygen atoms in total. The Kier molecular flexibility index (Phi) is 22.1. The molecule has 0 saturated carbocycles. The average molecular weight is 956 g/mol. The number of hydrogen-bond donors (Lipinski definition) is 11. The summed E-state index contributed by atoms with van der Waals surface area (Å²) in [6.45, 7) is 6.72. The molecule has 2 aliphatic heterocycles. The van der Waals surface area contributed by atoms with Crippen LogP contribution in [-0.2, 0) is 59.2 Å². The number of rotatable bonds is 17. The molecule has 2 saturated heterocycles. The highest BCUT2D eigenvalue weighted by atomic mass is 16.3. The van der Waals surface area contributed by atoms with Gasteiger partial charge in [-0.05, 0) is 68.1 Å². The zero-order chi connectivity index (χ0) is 50.7. The molecule has 2 fully saturated rings. The topological polar surface area (TPSA) is 374 Å². The first-order valence-corrected chi connectivity index (χ1v) is 23.1. The van der Waals surface area contributed by atoms with Gasteiger partial charge >= 0.3 is 0 Å². The van der Waals surface area contributed by atoms with Crippen LogP contribution in [0, 0.1) is 11.8 Å². The molecule has 0 unspecified atom stereocenters. The standard InChI is InChI=1S/C45H69N11O12/c1-5-25(4)38-44(67)51-28(17-18-34(46)58)40(63)53-32(22-35(47)59)41(64)52-29(10-7-6-8-12-37(61)50-31(42(65)55-38)21-26-13-15-27(57)16-14-26)45(68)56-19-9-11-33(56)43(66)54-30(20-24(2)3)39(62)49-23-36(48)60/h13-16,24-25,28-33,38,57H,5-12,17-23H2,1-4H3,(H2,46,58)(H2,47,59)(H2,48,60)(H,49,62)(H,50,61)(H,51,67)(H,52,64)(H,53,63)(H,54,66)(H,55,65)/t25-,28-,29-,30-,31-,32-,33-,38-/m0/s1. The second kappa shape index (κ2) is 27.1. The van der Waals surface area contributed by atoms with Crippen molar-refractivity contribution in [2.75, 3.05) is 13.1 Å². The maximum absolute atomic E-state index is 14.5. The summed E-state index contributed by atoms with van der Waals surface area (Å²) in [6, 6.07) is -3.28. The molecule has 8 atom stereocenters. The number of carbonyl (C=O) groups excluding carboxylic acids is 11. The molecule has 2 aliphatic rings. The highest BCUT2D eigenvalue weighted by Crippen LogP contribution is 2.22. The monoisotopic (exact) mass is 956 g/mol. The summed E-state index contributed by atoms with van der Waals surface area (Å²) in [5.74, 6) is -9.40. The van der Waals surface area contributed by atoms with Crippen molar-refractivity contribution >= 4 is 65.0 Å². The largest absolute Gasteiger partial charge is 0.508 e. The molecule has 0 aliphatic carbocycles. The molecule has 0 bridgehead atoms. The highest BCUT2D eigenvalue weighted by Gasteiger charge is 2.40. The van der Waals surface area contributed by atoms with Crippen molar-refractivity contribution in [1.29, 1.82) is 0 Å². The normalized spacial score (nSPS) is 23.4. The van der Waals surface area contributed by atoms with Gasteiger partial charge in [0.1, 0.15) is 48.0 Å². The van der Waals surface area contributed by atoms with Gasteiger partial charge in [0.15, 0.2) is 0 Å². The lowest BCUT2D eigenvalue weighted by Crippen LogP contribution is -2.61. The SMILES string of the molecule is CC[C@H](C)[C@@H]1NC(=O)[C@H](Cc2ccc(O)cc2)NC(=O)CCCCC[C@@H](C(=O)N2CCC[C@H]2C(=O)N[C@@H](CC(C)C)C(=O)NCC(N)=O)NC(=O)[C@H](CC(N)=O)NC(=O)[C@H](CCC(N)=O)NC1=O. The number of aromatic hydroxyl groups is 1. The zero-order valence-electron chi connectivity index (χ0n) is 39.2. The lowest BCUT2D eigenvalue weighted by Gasteiger charge is -2.31. The molecule has 68 heavy (non-hydrogen) atoms. The van der Waals surface area contributed by atoms with E-state index in [9.17, 15) is 57.8 Å².